The predicted molar refractivity (Wildman–Crippen MR) is 38.4 cm³/mol. The number of hydrogen-bond acceptors (Lipinski definition) is 0. The molecule has 0 saturated carbocycles. The number of hydrogen-bond donors (Lipinski definition) is 0. The summed E-state index contributed by atoms with van der Waals surface area (Å²) >= 11 is 2.25. The van der Waals surface area contributed by atoms with E-state index in [-0.39, 0.29) is 6.67 Å². The molecule has 0 rings (SSSR count). The number of unbranched alkanes of at least 4 members (excludes halogenated alkanes) is 2. The monoisotopic (exact) mass is 215 g/mol. The topological polar surface area (TPSA) is 0 Å². The van der Waals surface area contributed by atoms with Gasteiger partial charge in [0, 0.05) is 4.43 Å². The molecule has 0 unspecified atom stereocenters. The summed E-state index contributed by atoms with van der Waals surface area (Å²) in [4.78, 5) is 0. The molecule has 43 valence electrons. The van der Waals surface area contributed by atoms with E-state index < -0.39 is 0 Å². The van der Waals surface area contributed by atoms with Gasteiger partial charge in [-0.1, -0.05) is 22.6 Å². The molecule has 0 amide bonds. The van der Waals surface area contributed by atoms with E-state index in [0.717, 1.165) is 10.8 Å². The highest BCUT2D eigenvalue weighted by Gasteiger charge is 1.83. The Kier molecular flexibility index (Phi) is 7.29. The van der Waals surface area contributed by atoms with Gasteiger partial charge >= 0.3 is 0 Å². The van der Waals surface area contributed by atoms with E-state index in [1.165, 1.54) is 0 Å². The Balaban J connectivity index is 2.45. The highest BCUT2D eigenvalue weighted by Crippen LogP contribution is 1.96. The summed E-state index contributed by atoms with van der Waals surface area (Å²) in [6.07, 6.45) is 3.71. The summed E-state index contributed by atoms with van der Waals surface area (Å²) in [6.45, 7) is -0.173. The highest BCUT2D eigenvalue weighted by molar-refractivity contribution is 14.1. The summed E-state index contributed by atoms with van der Waals surface area (Å²) in [6, 6.07) is 0. The second-order valence-corrected chi connectivity index (χ2v) is 2.15. The van der Waals surface area contributed by atoms with Crippen LogP contribution >= 0.6 is 22.6 Å². The van der Waals surface area contributed by atoms with E-state index in [0.29, 0.717) is 6.42 Å². The van der Waals surface area contributed by atoms with Crippen molar-refractivity contribution >= 4 is 22.6 Å². The molecule has 1 radical (unpaired) electrons. The van der Waals surface area contributed by atoms with Gasteiger partial charge < -0.3 is 0 Å². The molecule has 0 nitrogen and oxygen atoms in total. The summed E-state index contributed by atoms with van der Waals surface area (Å²) in [5, 5.41) is 0. The molecule has 0 atom stereocenters. The zero-order valence-electron chi connectivity index (χ0n) is 4.16. The lowest BCUT2D eigenvalue weighted by Gasteiger charge is -1.87. The SMILES string of the molecule is FCCC[CH]CI. The summed E-state index contributed by atoms with van der Waals surface area (Å²) in [5.41, 5.74) is 0. The van der Waals surface area contributed by atoms with Gasteiger partial charge in [-0.3, -0.25) is 4.39 Å². The first-order valence-electron chi connectivity index (χ1n) is 2.35. The van der Waals surface area contributed by atoms with Crippen LogP contribution in [-0.4, -0.2) is 11.1 Å². The van der Waals surface area contributed by atoms with Gasteiger partial charge in [-0.05, 0) is 19.3 Å². The van der Waals surface area contributed by atoms with Gasteiger partial charge in [-0.25, -0.2) is 0 Å². The third-order valence-corrected chi connectivity index (χ3v) is 1.27. The van der Waals surface area contributed by atoms with Crippen molar-refractivity contribution in [3.05, 3.63) is 6.42 Å². The maximum absolute atomic E-state index is 11.3. The lowest BCUT2D eigenvalue weighted by Crippen LogP contribution is -1.78. The maximum atomic E-state index is 11.3. The van der Waals surface area contributed by atoms with E-state index in [1.807, 2.05) is 0 Å². The average Bonchev–Trinajstić information content (AvgIpc) is 1.69. The molecule has 0 bridgehead atoms. The number of alkyl halides is 2. The van der Waals surface area contributed by atoms with E-state index in [1.54, 1.807) is 0 Å². The van der Waals surface area contributed by atoms with Crippen LogP contribution in [0.5, 0.6) is 0 Å². The predicted octanol–water partition coefficient (Wildman–Crippen LogP) is 2.38. The first-order chi connectivity index (χ1) is 3.41. The smallest absolute Gasteiger partial charge is 0.0894 e. The minimum atomic E-state index is -0.173. The Morgan fingerprint density at radius 3 is 2.71 bits per heavy atom. The molecule has 0 fully saturated rings. The van der Waals surface area contributed by atoms with Crippen LogP contribution < -0.4 is 0 Å². The summed E-state index contributed by atoms with van der Waals surface area (Å²) in [5.74, 6) is 0. The Bertz CT molecular complexity index is 27.3. The molecule has 0 aliphatic carbocycles. The second-order valence-electron chi connectivity index (χ2n) is 1.27. The quantitative estimate of drug-likeness (QED) is 0.383. The lowest BCUT2D eigenvalue weighted by molar-refractivity contribution is 0.472. The minimum absolute atomic E-state index is 0.173. The van der Waals surface area contributed by atoms with Crippen molar-refractivity contribution in [1.29, 1.82) is 0 Å². The van der Waals surface area contributed by atoms with Gasteiger partial charge in [0.25, 0.3) is 0 Å². The molecule has 7 heavy (non-hydrogen) atoms. The van der Waals surface area contributed by atoms with Crippen LogP contribution in [0.3, 0.4) is 0 Å². The molecule has 2 heteroatoms. The zero-order valence-corrected chi connectivity index (χ0v) is 6.32. The fourth-order valence-corrected chi connectivity index (χ4v) is 0.739. The molecule has 0 aromatic carbocycles. The van der Waals surface area contributed by atoms with Crippen molar-refractivity contribution < 1.29 is 4.39 Å². The van der Waals surface area contributed by atoms with Crippen molar-refractivity contribution in [1.82, 2.24) is 0 Å². The Labute approximate surface area is 57.6 Å². The zero-order chi connectivity index (χ0) is 5.54. The molecular weight excluding hydrogens is 206 g/mol. The minimum Gasteiger partial charge on any atom is -0.251 e. The van der Waals surface area contributed by atoms with Crippen LogP contribution in [0.1, 0.15) is 12.8 Å². The molecule has 0 aromatic rings. The molecule has 0 saturated heterocycles. The van der Waals surface area contributed by atoms with E-state index >= 15 is 0 Å². The second kappa shape index (κ2) is 6.66. The largest absolute Gasteiger partial charge is 0.251 e. The van der Waals surface area contributed by atoms with E-state index in [2.05, 4.69) is 29.0 Å². The lowest BCUT2D eigenvalue weighted by atomic mass is 10.3. The Morgan fingerprint density at radius 2 is 2.29 bits per heavy atom. The van der Waals surface area contributed by atoms with Crippen LogP contribution in [0, 0.1) is 6.42 Å². The summed E-state index contributed by atoms with van der Waals surface area (Å²) in [7, 11) is 0. The van der Waals surface area contributed by atoms with Gasteiger partial charge in [-0.15, -0.1) is 0 Å². The Hall–Kier alpha value is 0.660. The normalized spacial score (nSPS) is 9.43. The number of halogens is 2. The van der Waals surface area contributed by atoms with Crippen molar-refractivity contribution in [2.24, 2.45) is 0 Å². The molecule has 0 N–H and O–H groups in total. The van der Waals surface area contributed by atoms with Gasteiger partial charge in [0.2, 0.25) is 0 Å². The van der Waals surface area contributed by atoms with Crippen molar-refractivity contribution in [3.63, 3.8) is 0 Å². The third-order valence-electron chi connectivity index (χ3n) is 0.651. The van der Waals surface area contributed by atoms with Crippen LogP contribution in [0.25, 0.3) is 0 Å². The van der Waals surface area contributed by atoms with Gasteiger partial charge in [0.15, 0.2) is 0 Å². The molecular formula is C5H9FI. The molecule has 0 aromatic heterocycles. The molecule has 0 aliphatic heterocycles. The standard InChI is InChI=1S/C5H9FI/c6-4-2-1-3-5-7/h3H,1-2,4-5H2. The fourth-order valence-electron chi connectivity index (χ4n) is 0.299. The first kappa shape index (κ1) is 7.66. The van der Waals surface area contributed by atoms with Crippen molar-refractivity contribution in [2.75, 3.05) is 11.1 Å². The first-order valence-corrected chi connectivity index (χ1v) is 3.88. The van der Waals surface area contributed by atoms with Crippen LogP contribution in [0.15, 0.2) is 0 Å². The number of rotatable bonds is 4. The maximum Gasteiger partial charge on any atom is 0.0894 e. The van der Waals surface area contributed by atoms with E-state index in [4.69, 9.17) is 0 Å². The van der Waals surface area contributed by atoms with Gasteiger partial charge in [-0.2, -0.15) is 0 Å². The fraction of sp³-hybridized carbons (Fsp3) is 0.800. The van der Waals surface area contributed by atoms with Crippen molar-refractivity contribution in [3.8, 4) is 0 Å². The van der Waals surface area contributed by atoms with Crippen LogP contribution in [0.2, 0.25) is 0 Å². The molecule has 0 spiro atoms. The van der Waals surface area contributed by atoms with Crippen LogP contribution in [-0.2, 0) is 0 Å². The molecule has 0 heterocycles. The molecule has 0 aliphatic rings. The Morgan fingerprint density at radius 1 is 1.57 bits per heavy atom. The third kappa shape index (κ3) is 6.66. The van der Waals surface area contributed by atoms with E-state index in [9.17, 15) is 4.39 Å². The summed E-state index contributed by atoms with van der Waals surface area (Å²) < 4.78 is 12.3. The highest BCUT2D eigenvalue weighted by atomic mass is 127. The van der Waals surface area contributed by atoms with Gasteiger partial charge in [0.05, 0.1) is 6.67 Å². The van der Waals surface area contributed by atoms with Gasteiger partial charge in [0.1, 0.15) is 0 Å². The van der Waals surface area contributed by atoms with Crippen LogP contribution in [0.4, 0.5) is 4.39 Å². The average molecular weight is 215 g/mol. The van der Waals surface area contributed by atoms with Crippen molar-refractivity contribution in [2.45, 2.75) is 12.8 Å².